The van der Waals surface area contributed by atoms with E-state index >= 15 is 0 Å². The van der Waals surface area contributed by atoms with Gasteiger partial charge in [-0.15, -0.1) is 0 Å². The third-order valence-electron chi connectivity index (χ3n) is 1.71. The number of aliphatic hydroxyl groups excluding tert-OH is 1. The van der Waals surface area contributed by atoms with Crippen molar-refractivity contribution in [2.45, 2.75) is 25.4 Å². The first kappa shape index (κ1) is 5.41. The highest BCUT2D eigenvalue weighted by Crippen LogP contribution is 2.59. The van der Waals surface area contributed by atoms with Crippen LogP contribution in [0.2, 0.25) is 0 Å². The summed E-state index contributed by atoms with van der Waals surface area (Å²) in [5.74, 6) is 0. The van der Waals surface area contributed by atoms with E-state index in [1.54, 1.807) is 0 Å². The Labute approximate surface area is 59.7 Å². The van der Waals surface area contributed by atoms with Crippen LogP contribution in [-0.4, -0.2) is 17.9 Å². The molecule has 4 heteroatoms. The van der Waals surface area contributed by atoms with E-state index in [0.717, 1.165) is 0 Å². The van der Waals surface area contributed by atoms with E-state index < -0.39 is 24.6 Å². The number of aliphatic hydroxyl groups is 1. The minimum Gasteiger partial charge on any atom is -0.396 e. The Bertz CT molecular complexity index is 186. The molecule has 1 aliphatic rings. The zero-order chi connectivity index (χ0) is 9.62. The number of halogens is 3. The van der Waals surface area contributed by atoms with E-state index in [0.29, 0.717) is 0 Å². The lowest BCUT2D eigenvalue weighted by Gasteiger charge is -2.16. The van der Waals surface area contributed by atoms with Crippen LogP contribution in [0, 0.1) is 5.41 Å². The summed E-state index contributed by atoms with van der Waals surface area (Å²) in [7, 11) is 0. The zero-order valence-electron chi connectivity index (χ0n) is 7.20. The second kappa shape index (κ2) is 2.12. The molecule has 0 aromatic carbocycles. The van der Waals surface area contributed by atoms with Crippen molar-refractivity contribution in [3.63, 3.8) is 0 Å². The zero-order valence-corrected chi connectivity index (χ0v) is 5.20. The first-order chi connectivity index (χ1) is 5.27. The van der Waals surface area contributed by atoms with Gasteiger partial charge in [0.15, 0.2) is 0 Å². The minimum atomic E-state index is -4.54. The van der Waals surface area contributed by atoms with Crippen LogP contribution in [0.4, 0.5) is 13.2 Å². The Balaban J connectivity index is 2.87. The summed E-state index contributed by atoms with van der Waals surface area (Å²) in [5, 5.41) is 8.46. The van der Waals surface area contributed by atoms with Gasteiger partial charge in [-0.2, -0.15) is 13.2 Å². The highest BCUT2D eigenvalue weighted by molar-refractivity contribution is 4.98. The van der Waals surface area contributed by atoms with Crippen LogP contribution in [-0.2, 0) is 0 Å². The molecule has 1 aliphatic carbocycles. The molecule has 0 spiro atoms. The summed E-state index contributed by atoms with van der Waals surface area (Å²) in [6.45, 7) is -1.08. The first-order valence-electron chi connectivity index (χ1n) is 3.94. The number of hydrogen-bond donors (Lipinski definition) is 1. The molecule has 10 heavy (non-hydrogen) atoms. The van der Waals surface area contributed by atoms with E-state index in [1.165, 1.54) is 0 Å². The third kappa shape index (κ3) is 1.12. The van der Waals surface area contributed by atoms with Gasteiger partial charge in [0.1, 0.15) is 0 Å². The summed E-state index contributed by atoms with van der Waals surface area (Å²) in [6, 6.07) is 0. The van der Waals surface area contributed by atoms with Gasteiger partial charge in [-0.1, -0.05) is 0 Å². The summed E-state index contributed by atoms with van der Waals surface area (Å²) < 4.78 is 50.7. The van der Waals surface area contributed by atoms with Gasteiger partial charge in [-0.3, -0.25) is 0 Å². The molecule has 1 saturated carbocycles. The van der Waals surface area contributed by atoms with Crippen molar-refractivity contribution in [2.75, 3.05) is 6.61 Å². The molecule has 0 amide bonds. The Kier molecular flexibility index (Phi) is 1.15. The van der Waals surface area contributed by atoms with Crippen molar-refractivity contribution in [1.82, 2.24) is 0 Å². The van der Waals surface area contributed by atoms with E-state index in [2.05, 4.69) is 0 Å². The number of rotatable bonds is 2. The first-order valence-corrected chi connectivity index (χ1v) is 2.94. The van der Waals surface area contributed by atoms with E-state index in [4.69, 9.17) is 7.85 Å². The predicted molar refractivity (Wildman–Crippen MR) is 29.4 cm³/mol. The van der Waals surface area contributed by atoms with Crippen LogP contribution in [0.5, 0.6) is 0 Å². The van der Waals surface area contributed by atoms with E-state index in [1.807, 2.05) is 0 Å². The molecule has 0 atom stereocenters. The predicted octanol–water partition coefficient (Wildman–Crippen LogP) is 1.71. The van der Waals surface area contributed by atoms with Crippen LogP contribution in [0.3, 0.4) is 0 Å². The van der Waals surface area contributed by atoms with Gasteiger partial charge in [0.2, 0.25) is 0 Å². The fourth-order valence-electron chi connectivity index (χ4n) is 0.837. The van der Waals surface area contributed by atoms with Gasteiger partial charge in [0.25, 0.3) is 0 Å². The van der Waals surface area contributed by atoms with Gasteiger partial charge >= 0.3 is 6.18 Å². The monoisotopic (exact) mass is 156 g/mol. The van der Waals surface area contributed by atoms with Crippen LogP contribution >= 0.6 is 0 Å². The van der Waals surface area contributed by atoms with Crippen LogP contribution in [0.1, 0.15) is 22.0 Å². The smallest absolute Gasteiger partial charge is 0.394 e. The fourth-order valence-corrected chi connectivity index (χ4v) is 0.837. The Morgan fingerprint density at radius 3 is 2.10 bits per heavy atom. The van der Waals surface area contributed by atoms with E-state index in [9.17, 15) is 13.2 Å². The molecule has 0 radical (unpaired) electrons. The van der Waals surface area contributed by atoms with Crippen LogP contribution < -0.4 is 0 Å². The molecule has 1 rings (SSSR count). The minimum absolute atomic E-state index is 0.218. The molecule has 0 aromatic heterocycles. The van der Waals surface area contributed by atoms with Crippen molar-refractivity contribution >= 4 is 0 Å². The fraction of sp³-hybridized carbons (Fsp3) is 1.00. The molecule has 1 fully saturated rings. The number of alkyl halides is 3. The summed E-state index contributed by atoms with van der Waals surface area (Å²) in [5.41, 5.74) is -2.28. The van der Waals surface area contributed by atoms with Crippen LogP contribution in [0.15, 0.2) is 0 Å². The van der Waals surface area contributed by atoms with Gasteiger partial charge < -0.3 is 5.11 Å². The molecule has 0 heterocycles. The molecule has 0 bridgehead atoms. The highest BCUT2D eigenvalue weighted by atomic mass is 19.4. The Morgan fingerprint density at radius 1 is 1.50 bits per heavy atom. The lowest BCUT2D eigenvalue weighted by atomic mass is 10.0. The molecule has 0 saturated heterocycles. The quantitative estimate of drug-likeness (QED) is 0.645. The summed E-state index contributed by atoms with van der Waals surface area (Å²) in [4.78, 5) is 0. The lowest BCUT2D eigenvalue weighted by molar-refractivity contribution is -0.190. The molecule has 0 aliphatic heterocycles. The molecule has 1 N–H and O–H groups in total. The molecule has 1 nitrogen and oxygen atoms in total. The SMILES string of the molecule is [2H]C([2H])(CO)C1(C(F)(F)F)CC1. The Hall–Kier alpha value is -0.250. The normalized spacial score (nSPS) is 27.2. The van der Waals surface area contributed by atoms with Crippen molar-refractivity contribution in [3.05, 3.63) is 0 Å². The third-order valence-corrected chi connectivity index (χ3v) is 1.71. The maximum absolute atomic E-state index is 12.2. The van der Waals surface area contributed by atoms with E-state index in [-0.39, 0.29) is 12.8 Å². The van der Waals surface area contributed by atoms with Crippen molar-refractivity contribution < 1.29 is 21.0 Å². The lowest BCUT2D eigenvalue weighted by Crippen LogP contribution is -2.25. The molecular formula is C6H9F3O. The molecule has 0 aromatic rings. The van der Waals surface area contributed by atoms with Crippen molar-refractivity contribution in [3.8, 4) is 0 Å². The van der Waals surface area contributed by atoms with Gasteiger partial charge in [-0.05, 0) is 19.2 Å². The van der Waals surface area contributed by atoms with Crippen LogP contribution in [0.25, 0.3) is 0 Å². The maximum atomic E-state index is 12.2. The highest BCUT2D eigenvalue weighted by Gasteiger charge is 2.62. The average Bonchev–Trinajstić information content (AvgIpc) is 2.63. The Morgan fingerprint density at radius 2 is 2.00 bits per heavy atom. The standard InChI is InChI=1S/C6H9F3O/c7-6(8,9)5(1-2-5)3-4-10/h10H,1-4H2/i3D2. The van der Waals surface area contributed by atoms with Crippen molar-refractivity contribution in [1.29, 1.82) is 0 Å². The molecule has 0 unspecified atom stereocenters. The van der Waals surface area contributed by atoms with Gasteiger partial charge in [0, 0.05) is 9.35 Å². The summed E-state index contributed by atoms with van der Waals surface area (Å²) >= 11 is 0. The second-order valence-corrected chi connectivity index (χ2v) is 2.41. The number of hydrogen-bond acceptors (Lipinski definition) is 1. The second-order valence-electron chi connectivity index (χ2n) is 2.41. The maximum Gasteiger partial charge on any atom is 0.394 e. The molecular weight excluding hydrogens is 145 g/mol. The van der Waals surface area contributed by atoms with Crippen molar-refractivity contribution in [2.24, 2.45) is 5.41 Å². The topological polar surface area (TPSA) is 20.2 Å². The average molecular weight is 156 g/mol. The van der Waals surface area contributed by atoms with Gasteiger partial charge in [-0.25, -0.2) is 0 Å². The summed E-state index contributed by atoms with van der Waals surface area (Å²) in [6.07, 6.45) is -7.52. The largest absolute Gasteiger partial charge is 0.396 e. The van der Waals surface area contributed by atoms with Gasteiger partial charge in [0.05, 0.1) is 5.41 Å². The molecule has 60 valence electrons.